The van der Waals surface area contributed by atoms with Gasteiger partial charge in [-0.2, -0.15) is 0 Å². The Labute approximate surface area is 165 Å². The summed E-state index contributed by atoms with van der Waals surface area (Å²) in [5, 5.41) is 0. The van der Waals surface area contributed by atoms with Crippen LogP contribution in [0.3, 0.4) is 0 Å². The summed E-state index contributed by atoms with van der Waals surface area (Å²) >= 11 is 0. The number of carbonyl (C=O) groups excluding carboxylic acids is 3. The molecule has 152 valence electrons. The number of rotatable bonds is 4. The third kappa shape index (κ3) is 2.77. The van der Waals surface area contributed by atoms with Gasteiger partial charge in [0.1, 0.15) is 11.4 Å². The smallest absolute Gasteiger partial charge is 0.297 e. The van der Waals surface area contributed by atoms with Crippen molar-refractivity contribution < 1.29 is 19.0 Å². The standard InChI is InChI=1S/C20H30N5O3/c1-9-11(2)24-12(3)13(4)25-15-16(21-18(24)25)22(8)19(28)23(17(15)27)10-14(26)20(5,6)7/h11,15H,9-10H2,1-8H3/q+1. The molecule has 0 radical (unpaired) electrons. The highest BCUT2D eigenvalue weighted by molar-refractivity contribution is 6.20. The molecule has 0 N–H and O–H groups in total. The van der Waals surface area contributed by atoms with Crippen molar-refractivity contribution in [2.24, 2.45) is 10.4 Å². The maximum atomic E-state index is 13.3. The van der Waals surface area contributed by atoms with Crippen molar-refractivity contribution in [3.05, 3.63) is 11.4 Å². The number of Topliss-reactive ketones (excluding diaryl/α,β-unsaturated/α-hetero) is 1. The van der Waals surface area contributed by atoms with Gasteiger partial charge >= 0.3 is 12.0 Å². The summed E-state index contributed by atoms with van der Waals surface area (Å²) in [7, 11) is 1.61. The van der Waals surface area contributed by atoms with E-state index in [2.05, 4.69) is 23.4 Å². The van der Waals surface area contributed by atoms with Crippen molar-refractivity contribution in [1.82, 2.24) is 14.4 Å². The van der Waals surface area contributed by atoms with Gasteiger partial charge in [0.05, 0.1) is 12.6 Å². The number of likely N-dealkylation sites (N-methyl/N-ethyl adjacent to an activating group) is 1. The third-order valence-electron chi connectivity index (χ3n) is 5.93. The summed E-state index contributed by atoms with van der Waals surface area (Å²) in [4.78, 5) is 45.8. The maximum Gasteiger partial charge on any atom is 0.402 e. The first-order valence-corrected chi connectivity index (χ1v) is 9.75. The number of hydrogen-bond donors (Lipinski definition) is 0. The predicted octanol–water partition coefficient (Wildman–Crippen LogP) is 2.46. The summed E-state index contributed by atoms with van der Waals surface area (Å²) in [6.07, 6.45) is 0.923. The number of nitrogens with zero attached hydrogens (tertiary/aromatic N) is 5. The van der Waals surface area contributed by atoms with Crippen LogP contribution in [0, 0.1) is 19.3 Å². The molecule has 2 unspecified atom stereocenters. The van der Waals surface area contributed by atoms with Crippen LogP contribution in [0.25, 0.3) is 0 Å². The Morgan fingerprint density at radius 3 is 2.39 bits per heavy atom. The van der Waals surface area contributed by atoms with Gasteiger partial charge in [0.25, 0.3) is 5.91 Å². The lowest BCUT2D eigenvalue weighted by Gasteiger charge is -2.34. The highest BCUT2D eigenvalue weighted by Crippen LogP contribution is 2.33. The van der Waals surface area contributed by atoms with E-state index in [4.69, 9.17) is 0 Å². The highest BCUT2D eigenvalue weighted by Gasteiger charge is 2.54. The molecule has 1 saturated heterocycles. The minimum atomic E-state index is -0.713. The quantitative estimate of drug-likeness (QED) is 0.743. The van der Waals surface area contributed by atoms with Crippen LogP contribution < -0.4 is 4.57 Å². The summed E-state index contributed by atoms with van der Waals surface area (Å²) in [6, 6.07) is -1.00. The molecule has 2 aliphatic rings. The molecule has 2 atom stereocenters. The number of amides is 3. The molecular formula is C20H30N5O3+. The Balaban J connectivity index is 2.09. The van der Waals surface area contributed by atoms with E-state index >= 15 is 0 Å². The van der Waals surface area contributed by atoms with Crippen molar-refractivity contribution >= 4 is 29.5 Å². The Hall–Kier alpha value is -2.51. The van der Waals surface area contributed by atoms with Crippen LogP contribution >= 0.6 is 0 Å². The Morgan fingerprint density at radius 2 is 1.86 bits per heavy atom. The Morgan fingerprint density at radius 1 is 1.25 bits per heavy atom. The van der Waals surface area contributed by atoms with Gasteiger partial charge in [-0.15, -0.1) is 0 Å². The lowest BCUT2D eigenvalue weighted by atomic mass is 9.90. The van der Waals surface area contributed by atoms with Crippen LogP contribution in [0.2, 0.25) is 0 Å². The molecule has 0 saturated carbocycles. The van der Waals surface area contributed by atoms with Gasteiger partial charge < -0.3 is 0 Å². The molecule has 8 nitrogen and oxygen atoms in total. The molecule has 28 heavy (non-hydrogen) atoms. The van der Waals surface area contributed by atoms with E-state index in [0.717, 1.165) is 22.7 Å². The van der Waals surface area contributed by atoms with E-state index in [9.17, 15) is 14.4 Å². The van der Waals surface area contributed by atoms with Crippen molar-refractivity contribution in [1.29, 1.82) is 0 Å². The van der Waals surface area contributed by atoms with Gasteiger partial charge in [0.2, 0.25) is 11.9 Å². The number of hydrogen-bond acceptors (Lipinski definition) is 4. The Kier molecular flexibility index (Phi) is 4.72. The summed E-state index contributed by atoms with van der Waals surface area (Å²) in [6.45, 7) is 13.3. The molecule has 1 aromatic rings. The van der Waals surface area contributed by atoms with Crippen LogP contribution in [0.5, 0.6) is 0 Å². The van der Waals surface area contributed by atoms with E-state index < -0.39 is 23.4 Å². The molecule has 3 amide bonds. The first kappa shape index (κ1) is 20.2. The lowest BCUT2D eigenvalue weighted by molar-refractivity contribution is -0.683. The molecule has 1 fully saturated rings. The van der Waals surface area contributed by atoms with Gasteiger partial charge in [-0.25, -0.2) is 13.9 Å². The van der Waals surface area contributed by atoms with Gasteiger partial charge in [0, 0.05) is 12.5 Å². The zero-order valence-electron chi connectivity index (χ0n) is 18.0. The molecule has 0 spiro atoms. The number of aliphatic imine (C=N–C) groups is 1. The summed E-state index contributed by atoms with van der Waals surface area (Å²) in [5.41, 5.74) is 1.36. The molecule has 1 aromatic heterocycles. The minimum absolute atomic E-state index is 0.156. The number of fused-ring (bicyclic) bond motifs is 3. The number of carbonyl (C=O) groups is 3. The fourth-order valence-electron chi connectivity index (χ4n) is 3.70. The van der Waals surface area contributed by atoms with Gasteiger partial charge in [-0.3, -0.25) is 19.4 Å². The SMILES string of the molecule is CCC(C)n1c(C)c(C)[n+]2c1N=C1C2C(=O)N(CC(=O)C(C)(C)C)C(=O)N1C. The maximum absolute atomic E-state index is 13.3. The van der Waals surface area contributed by atoms with Crippen molar-refractivity contribution in [2.75, 3.05) is 13.6 Å². The highest BCUT2D eigenvalue weighted by atomic mass is 16.2. The summed E-state index contributed by atoms with van der Waals surface area (Å²) in [5.74, 6) is 0.551. The van der Waals surface area contributed by atoms with Gasteiger partial charge in [0.15, 0.2) is 5.78 Å². The number of aromatic nitrogens is 2. The molecule has 0 bridgehead atoms. The van der Waals surface area contributed by atoms with Crippen LogP contribution in [0.4, 0.5) is 10.7 Å². The fraction of sp³-hybridized carbons (Fsp3) is 0.650. The minimum Gasteiger partial charge on any atom is -0.297 e. The first-order chi connectivity index (χ1) is 12.9. The molecular weight excluding hydrogens is 358 g/mol. The average Bonchev–Trinajstić information content (AvgIpc) is 3.11. The molecule has 3 rings (SSSR count). The third-order valence-corrected chi connectivity index (χ3v) is 5.93. The van der Waals surface area contributed by atoms with Crippen molar-refractivity contribution in [3.63, 3.8) is 0 Å². The summed E-state index contributed by atoms with van der Waals surface area (Å²) < 4.78 is 4.02. The largest absolute Gasteiger partial charge is 0.402 e. The van der Waals surface area contributed by atoms with Crippen LogP contribution in [0.1, 0.15) is 64.5 Å². The number of imidazole rings is 1. The molecule has 0 aliphatic carbocycles. The fourth-order valence-corrected chi connectivity index (χ4v) is 3.70. The van der Waals surface area contributed by atoms with Crippen LogP contribution in [0.15, 0.2) is 4.99 Å². The average molecular weight is 388 g/mol. The van der Waals surface area contributed by atoms with E-state index in [1.165, 1.54) is 4.90 Å². The molecule has 2 aliphatic heterocycles. The second-order valence-electron chi connectivity index (χ2n) is 8.78. The second kappa shape index (κ2) is 6.53. The molecule has 8 heteroatoms. The zero-order valence-corrected chi connectivity index (χ0v) is 18.0. The van der Waals surface area contributed by atoms with E-state index in [-0.39, 0.29) is 18.4 Å². The van der Waals surface area contributed by atoms with E-state index in [1.807, 2.05) is 18.4 Å². The van der Waals surface area contributed by atoms with Crippen molar-refractivity contribution in [3.8, 4) is 0 Å². The topological polar surface area (TPSA) is 78.9 Å². The monoisotopic (exact) mass is 388 g/mol. The second-order valence-corrected chi connectivity index (χ2v) is 8.78. The van der Waals surface area contributed by atoms with Crippen LogP contribution in [-0.4, -0.2) is 51.5 Å². The van der Waals surface area contributed by atoms with Crippen LogP contribution in [-0.2, 0) is 9.59 Å². The normalized spacial score (nSPS) is 20.3. The van der Waals surface area contributed by atoms with Gasteiger partial charge in [-0.05, 0) is 27.2 Å². The number of urea groups is 1. The van der Waals surface area contributed by atoms with E-state index in [1.54, 1.807) is 27.8 Å². The number of imide groups is 1. The van der Waals surface area contributed by atoms with E-state index in [0.29, 0.717) is 11.8 Å². The Bertz CT molecular complexity index is 906. The predicted molar refractivity (Wildman–Crippen MR) is 105 cm³/mol. The zero-order chi connectivity index (χ0) is 21.1. The van der Waals surface area contributed by atoms with Gasteiger partial charge in [-0.1, -0.05) is 32.7 Å². The number of ketones is 1. The lowest BCUT2D eigenvalue weighted by Crippen LogP contribution is -2.64. The van der Waals surface area contributed by atoms with Crippen molar-refractivity contribution in [2.45, 2.75) is 67.0 Å². The first-order valence-electron chi connectivity index (χ1n) is 9.75. The molecule has 0 aromatic carbocycles. The molecule has 3 heterocycles. The number of amidine groups is 1.